The molecule has 8 heteroatoms. The van der Waals surface area contributed by atoms with Crippen LogP contribution in [0, 0.1) is 0 Å². The Balaban J connectivity index is 2.86. The van der Waals surface area contributed by atoms with Gasteiger partial charge in [-0.1, -0.05) is 49.2 Å². The molecule has 0 fully saturated rings. The molecule has 0 atom stereocenters. The maximum absolute atomic E-state index is 12.6. The van der Waals surface area contributed by atoms with E-state index in [0.717, 1.165) is 0 Å². The van der Waals surface area contributed by atoms with Gasteiger partial charge in [0.05, 0.1) is 5.52 Å². The SMILES string of the molecule is FS(F)(F)(F)(F)c1cc2ccccc2nc1Cl. The molecule has 2 rings (SSSR count). The molecular weight excluding hydrogens is 285 g/mol. The third kappa shape index (κ3) is 2.44. The van der Waals surface area contributed by atoms with Crippen molar-refractivity contribution in [3.8, 4) is 0 Å². The Morgan fingerprint density at radius 2 is 1.59 bits per heavy atom. The summed E-state index contributed by atoms with van der Waals surface area (Å²) in [5, 5.41) is -1.27. The van der Waals surface area contributed by atoms with Crippen LogP contribution in [-0.4, -0.2) is 4.98 Å². The Hall–Kier alpha value is -1.08. The van der Waals surface area contributed by atoms with Crippen molar-refractivity contribution >= 4 is 32.7 Å². The summed E-state index contributed by atoms with van der Waals surface area (Å²) in [5.41, 5.74) is 0.128. The maximum atomic E-state index is 12.6. The van der Waals surface area contributed by atoms with Gasteiger partial charge in [-0.3, -0.25) is 0 Å². The molecule has 0 aliphatic heterocycles. The summed E-state index contributed by atoms with van der Waals surface area (Å²) in [6.45, 7) is 0. The van der Waals surface area contributed by atoms with Gasteiger partial charge in [-0.25, -0.2) is 4.98 Å². The van der Waals surface area contributed by atoms with Gasteiger partial charge in [-0.05, 0) is 12.1 Å². The molecule has 0 unspecified atom stereocenters. The van der Waals surface area contributed by atoms with Gasteiger partial charge in [0.25, 0.3) is 0 Å². The smallest absolute Gasteiger partial charge is 0.235 e. The molecule has 0 spiro atoms. The zero-order chi connectivity index (χ0) is 13.0. The number of nitrogens with zero attached hydrogens (tertiary/aromatic N) is 1. The predicted octanol–water partition coefficient (Wildman–Crippen LogP) is 5.55. The summed E-state index contributed by atoms with van der Waals surface area (Å²) < 4.78 is 63.1. The van der Waals surface area contributed by atoms with Gasteiger partial charge in [-0.15, -0.1) is 0 Å². The Labute approximate surface area is 97.9 Å². The van der Waals surface area contributed by atoms with Gasteiger partial charge in [0, 0.05) is 5.39 Å². The fourth-order valence-corrected chi connectivity index (χ4v) is 2.64. The van der Waals surface area contributed by atoms with Crippen LogP contribution in [0.15, 0.2) is 35.2 Å². The van der Waals surface area contributed by atoms with E-state index in [1.54, 1.807) is 0 Å². The first-order valence-electron chi connectivity index (χ1n) is 4.27. The van der Waals surface area contributed by atoms with E-state index >= 15 is 0 Å². The van der Waals surface area contributed by atoms with Gasteiger partial charge in [-0.2, -0.15) is 0 Å². The van der Waals surface area contributed by atoms with Crippen LogP contribution in [0.3, 0.4) is 0 Å². The molecule has 94 valence electrons. The molecule has 0 aliphatic carbocycles. The van der Waals surface area contributed by atoms with Crippen LogP contribution >= 0.6 is 21.8 Å². The third-order valence-electron chi connectivity index (χ3n) is 2.06. The average Bonchev–Trinajstić information content (AvgIpc) is 2.12. The number of pyridine rings is 1. The van der Waals surface area contributed by atoms with E-state index in [9.17, 15) is 19.4 Å². The highest BCUT2D eigenvalue weighted by molar-refractivity contribution is 8.45. The summed E-state index contributed by atoms with van der Waals surface area (Å²) in [6.07, 6.45) is 0. The molecule has 17 heavy (non-hydrogen) atoms. The highest BCUT2D eigenvalue weighted by Crippen LogP contribution is 3.02. The minimum Gasteiger partial charge on any atom is -0.235 e. The molecule has 0 saturated heterocycles. The van der Waals surface area contributed by atoms with Crippen molar-refractivity contribution in [3.05, 3.63) is 35.5 Å². The molecule has 1 nitrogen and oxygen atoms in total. The first kappa shape index (κ1) is 12.4. The molecule has 2 aromatic rings. The second-order valence-electron chi connectivity index (χ2n) is 3.44. The minimum absolute atomic E-state index is 0.0415. The van der Waals surface area contributed by atoms with E-state index in [4.69, 9.17) is 11.6 Å². The molecule has 0 amide bonds. The molecule has 0 radical (unpaired) electrons. The van der Waals surface area contributed by atoms with E-state index in [0.29, 0.717) is 6.07 Å². The number of hydrogen-bond donors (Lipinski definition) is 0. The second-order valence-corrected chi connectivity index (χ2v) is 6.17. The van der Waals surface area contributed by atoms with Crippen LogP contribution in [0.4, 0.5) is 19.4 Å². The lowest BCUT2D eigenvalue weighted by molar-refractivity contribution is 0.364. The predicted molar refractivity (Wildman–Crippen MR) is 58.2 cm³/mol. The van der Waals surface area contributed by atoms with Crippen molar-refractivity contribution < 1.29 is 19.4 Å². The Bertz CT molecular complexity index is 609. The monoisotopic (exact) mass is 289 g/mol. The van der Waals surface area contributed by atoms with Crippen molar-refractivity contribution in [1.82, 2.24) is 4.98 Å². The molecule has 1 aromatic carbocycles. The summed E-state index contributed by atoms with van der Waals surface area (Å²) in [5.74, 6) is 0. The van der Waals surface area contributed by atoms with Crippen molar-refractivity contribution in [2.24, 2.45) is 0 Å². The zero-order valence-corrected chi connectivity index (χ0v) is 9.58. The number of aromatic nitrogens is 1. The van der Waals surface area contributed by atoms with Crippen LogP contribution in [-0.2, 0) is 0 Å². The summed E-state index contributed by atoms with van der Waals surface area (Å²) in [4.78, 5) is 1.18. The Kier molecular flexibility index (Phi) is 2.07. The van der Waals surface area contributed by atoms with Crippen molar-refractivity contribution in [1.29, 1.82) is 0 Å². The maximum Gasteiger partial charge on any atom is 0.313 e. The second kappa shape index (κ2) is 2.84. The third-order valence-corrected chi connectivity index (χ3v) is 3.60. The fraction of sp³-hybridized carbons (Fsp3) is 0. The summed E-state index contributed by atoms with van der Waals surface area (Å²) in [7, 11) is -9.80. The van der Waals surface area contributed by atoms with Crippen LogP contribution in [0.2, 0.25) is 5.15 Å². The lowest BCUT2D eigenvalue weighted by atomic mass is 10.2. The molecule has 1 heterocycles. The molecular formula is C9H5ClF5NS. The summed E-state index contributed by atoms with van der Waals surface area (Å²) in [6, 6.07) is 5.91. The van der Waals surface area contributed by atoms with Crippen molar-refractivity contribution in [2.45, 2.75) is 4.90 Å². The van der Waals surface area contributed by atoms with E-state index in [1.807, 2.05) is 0 Å². The highest BCUT2D eigenvalue weighted by Gasteiger charge is 2.67. The standard InChI is InChI=1S/C9H5ClF5NS/c10-9-8(17(11,12,13,14)15)5-6-3-1-2-4-7(6)16-9/h1-5H. The minimum atomic E-state index is -9.80. The number of benzene rings is 1. The number of fused-ring (bicyclic) bond motifs is 1. The van der Waals surface area contributed by atoms with Crippen LogP contribution in [0.5, 0.6) is 0 Å². The van der Waals surface area contributed by atoms with Gasteiger partial charge in [0.1, 0.15) is 4.90 Å². The largest absolute Gasteiger partial charge is 0.313 e. The molecule has 0 bridgehead atoms. The quantitative estimate of drug-likeness (QED) is 0.496. The lowest BCUT2D eigenvalue weighted by Gasteiger charge is -2.40. The van der Waals surface area contributed by atoms with Crippen LogP contribution < -0.4 is 0 Å². The Morgan fingerprint density at radius 3 is 2.18 bits per heavy atom. The van der Waals surface area contributed by atoms with E-state index in [2.05, 4.69) is 4.98 Å². The van der Waals surface area contributed by atoms with E-state index < -0.39 is 20.3 Å². The normalized spacial score (nSPS) is 16.6. The first-order chi connectivity index (χ1) is 7.47. The van der Waals surface area contributed by atoms with Gasteiger partial charge in [0.15, 0.2) is 5.15 Å². The van der Waals surface area contributed by atoms with Crippen LogP contribution in [0.25, 0.3) is 10.9 Å². The van der Waals surface area contributed by atoms with Crippen molar-refractivity contribution in [2.75, 3.05) is 0 Å². The number of halogens is 6. The molecule has 0 saturated carbocycles. The Morgan fingerprint density at radius 1 is 1.00 bits per heavy atom. The zero-order valence-electron chi connectivity index (χ0n) is 8.01. The lowest BCUT2D eigenvalue weighted by Crippen LogP contribution is -2.07. The summed E-state index contributed by atoms with van der Waals surface area (Å²) >= 11 is 5.19. The van der Waals surface area contributed by atoms with Gasteiger partial charge in [0.2, 0.25) is 0 Å². The van der Waals surface area contributed by atoms with E-state index in [1.165, 1.54) is 24.3 Å². The number of para-hydroxylation sites is 1. The molecule has 0 N–H and O–H groups in total. The molecule has 0 aliphatic rings. The van der Waals surface area contributed by atoms with E-state index in [-0.39, 0.29) is 10.9 Å². The van der Waals surface area contributed by atoms with Gasteiger partial charge < -0.3 is 0 Å². The fourth-order valence-electron chi connectivity index (χ4n) is 1.34. The highest BCUT2D eigenvalue weighted by atomic mass is 35.5. The number of rotatable bonds is 1. The topological polar surface area (TPSA) is 12.9 Å². The molecule has 1 aromatic heterocycles. The van der Waals surface area contributed by atoms with Crippen molar-refractivity contribution in [3.63, 3.8) is 0 Å². The first-order valence-corrected chi connectivity index (χ1v) is 6.60. The van der Waals surface area contributed by atoms with Gasteiger partial charge >= 0.3 is 10.2 Å². The average molecular weight is 290 g/mol. The van der Waals surface area contributed by atoms with Crippen LogP contribution in [0.1, 0.15) is 0 Å². The number of hydrogen-bond acceptors (Lipinski definition) is 1.